The summed E-state index contributed by atoms with van der Waals surface area (Å²) in [6, 6.07) is 2.10. The molecule has 0 amide bonds. The van der Waals surface area contributed by atoms with Gasteiger partial charge in [0.15, 0.2) is 0 Å². The van der Waals surface area contributed by atoms with E-state index in [0.29, 0.717) is 6.61 Å². The average molecular weight is 218 g/mol. The summed E-state index contributed by atoms with van der Waals surface area (Å²) in [6.07, 6.45) is 4.60. The second kappa shape index (κ2) is 4.09. The fourth-order valence-corrected chi connectivity index (χ4v) is 1.93. The number of nitrogens with one attached hydrogen (secondary N) is 1. The van der Waals surface area contributed by atoms with Crippen LogP contribution in [-0.2, 0) is 17.8 Å². The number of hydrogen-bond donors (Lipinski definition) is 1. The molecule has 0 saturated heterocycles. The monoisotopic (exact) mass is 218 g/mol. The maximum atomic E-state index is 5.41. The van der Waals surface area contributed by atoms with E-state index in [1.807, 2.05) is 17.5 Å². The summed E-state index contributed by atoms with van der Waals surface area (Å²) in [4.78, 5) is 8.59. The number of hydrogen-bond acceptors (Lipinski definition) is 5. The Labute approximate surface area is 94.1 Å². The molecule has 1 aromatic rings. The van der Waals surface area contributed by atoms with Crippen molar-refractivity contribution in [1.29, 1.82) is 0 Å². The number of aliphatic imine (C=N–C) groups is 1. The Hall–Kier alpha value is -1.62. The van der Waals surface area contributed by atoms with Gasteiger partial charge in [-0.3, -0.25) is 20.4 Å². The molecule has 2 aliphatic rings. The third kappa shape index (κ3) is 1.86. The summed E-state index contributed by atoms with van der Waals surface area (Å²) < 4.78 is 5.41. The Kier molecular flexibility index (Phi) is 2.46. The highest BCUT2D eigenvalue weighted by molar-refractivity contribution is 5.60. The van der Waals surface area contributed by atoms with Crippen LogP contribution in [0.3, 0.4) is 0 Å². The highest BCUT2D eigenvalue weighted by atomic mass is 16.5. The lowest BCUT2D eigenvalue weighted by molar-refractivity contribution is 0.109. The number of hydrazine groups is 1. The molecule has 3 heterocycles. The number of rotatable bonds is 2. The van der Waals surface area contributed by atoms with E-state index in [9.17, 15) is 0 Å². The molecule has 0 atom stereocenters. The molecule has 16 heavy (non-hydrogen) atoms. The summed E-state index contributed by atoms with van der Waals surface area (Å²) in [5, 5.41) is 1.97. The molecule has 3 rings (SSSR count). The van der Waals surface area contributed by atoms with Crippen molar-refractivity contribution < 1.29 is 4.74 Å². The summed E-state index contributed by atoms with van der Waals surface area (Å²) >= 11 is 0. The lowest BCUT2D eigenvalue weighted by Crippen LogP contribution is -2.26. The highest BCUT2D eigenvalue weighted by Gasteiger charge is 2.12. The molecule has 84 valence electrons. The van der Waals surface area contributed by atoms with Gasteiger partial charge in [-0.15, -0.1) is 0 Å². The number of anilines is 1. The van der Waals surface area contributed by atoms with Crippen molar-refractivity contribution >= 4 is 12.0 Å². The van der Waals surface area contributed by atoms with E-state index in [0.717, 1.165) is 37.5 Å². The smallest absolute Gasteiger partial charge is 0.104 e. The lowest BCUT2D eigenvalue weighted by atomic mass is 10.1. The minimum Gasteiger partial charge on any atom is -0.376 e. The SMILES string of the molecule is C1=NCCN1Nc1cnc2c(c1)COCC2. The zero-order valence-electron chi connectivity index (χ0n) is 9.02. The second-order valence-electron chi connectivity index (χ2n) is 3.96. The standard InChI is InChI=1S/C11H14N4O/c1-4-16-7-9-5-10(6-13-11(1)9)14-15-3-2-12-8-15/h5-6,8,14H,1-4,7H2. The van der Waals surface area contributed by atoms with Gasteiger partial charge in [-0.1, -0.05) is 0 Å². The Morgan fingerprint density at radius 1 is 1.44 bits per heavy atom. The van der Waals surface area contributed by atoms with Crippen LogP contribution in [0.5, 0.6) is 0 Å². The highest BCUT2D eigenvalue weighted by Crippen LogP contribution is 2.18. The summed E-state index contributed by atoms with van der Waals surface area (Å²) in [7, 11) is 0. The van der Waals surface area contributed by atoms with Crippen LogP contribution >= 0.6 is 0 Å². The van der Waals surface area contributed by atoms with Crippen molar-refractivity contribution in [3.05, 3.63) is 23.5 Å². The van der Waals surface area contributed by atoms with Crippen LogP contribution in [0.15, 0.2) is 17.3 Å². The molecule has 0 unspecified atom stereocenters. The van der Waals surface area contributed by atoms with Gasteiger partial charge in [-0.25, -0.2) is 0 Å². The van der Waals surface area contributed by atoms with Gasteiger partial charge in [0.25, 0.3) is 0 Å². The van der Waals surface area contributed by atoms with E-state index in [1.165, 1.54) is 5.56 Å². The number of pyridine rings is 1. The van der Waals surface area contributed by atoms with E-state index < -0.39 is 0 Å². The Bertz CT molecular complexity index is 418. The first-order valence-electron chi connectivity index (χ1n) is 5.50. The van der Waals surface area contributed by atoms with E-state index in [4.69, 9.17) is 4.74 Å². The first-order valence-corrected chi connectivity index (χ1v) is 5.50. The van der Waals surface area contributed by atoms with Gasteiger partial charge in [0.05, 0.1) is 38.2 Å². The van der Waals surface area contributed by atoms with Gasteiger partial charge in [0.2, 0.25) is 0 Å². The van der Waals surface area contributed by atoms with Gasteiger partial charge in [0.1, 0.15) is 6.34 Å². The van der Waals surface area contributed by atoms with Gasteiger partial charge in [-0.2, -0.15) is 0 Å². The second-order valence-corrected chi connectivity index (χ2v) is 3.96. The summed E-state index contributed by atoms with van der Waals surface area (Å²) in [5.41, 5.74) is 6.60. The van der Waals surface area contributed by atoms with E-state index in [1.54, 1.807) is 0 Å². The van der Waals surface area contributed by atoms with Crippen LogP contribution in [0.2, 0.25) is 0 Å². The first kappa shape index (κ1) is 9.59. The van der Waals surface area contributed by atoms with Gasteiger partial charge < -0.3 is 4.74 Å². The molecule has 0 aromatic carbocycles. The van der Waals surface area contributed by atoms with Crippen molar-refractivity contribution in [2.45, 2.75) is 13.0 Å². The van der Waals surface area contributed by atoms with Crippen LogP contribution in [0.4, 0.5) is 5.69 Å². The predicted molar refractivity (Wildman–Crippen MR) is 61.3 cm³/mol. The third-order valence-corrected chi connectivity index (χ3v) is 2.76. The molecule has 5 nitrogen and oxygen atoms in total. The zero-order chi connectivity index (χ0) is 10.8. The molecule has 5 heteroatoms. The Balaban J connectivity index is 1.77. The molecular formula is C11H14N4O. The van der Waals surface area contributed by atoms with Crippen molar-refractivity contribution in [3.8, 4) is 0 Å². The normalized spacial score (nSPS) is 18.6. The van der Waals surface area contributed by atoms with Crippen LogP contribution in [0.25, 0.3) is 0 Å². The quantitative estimate of drug-likeness (QED) is 0.798. The Morgan fingerprint density at radius 3 is 3.31 bits per heavy atom. The largest absolute Gasteiger partial charge is 0.376 e. The Morgan fingerprint density at radius 2 is 2.44 bits per heavy atom. The fraction of sp³-hybridized carbons (Fsp3) is 0.455. The van der Waals surface area contributed by atoms with Crippen molar-refractivity contribution in [1.82, 2.24) is 9.99 Å². The average Bonchev–Trinajstić information content (AvgIpc) is 2.82. The van der Waals surface area contributed by atoms with E-state index in [2.05, 4.69) is 21.5 Å². The molecule has 0 radical (unpaired) electrons. The fourth-order valence-electron chi connectivity index (χ4n) is 1.93. The molecule has 0 bridgehead atoms. The van der Waals surface area contributed by atoms with E-state index >= 15 is 0 Å². The van der Waals surface area contributed by atoms with Crippen LogP contribution < -0.4 is 5.43 Å². The van der Waals surface area contributed by atoms with Crippen molar-refractivity contribution in [2.75, 3.05) is 25.1 Å². The first-order chi connectivity index (χ1) is 7.92. The van der Waals surface area contributed by atoms with Gasteiger partial charge in [-0.05, 0) is 6.07 Å². The predicted octanol–water partition coefficient (Wildman–Crippen LogP) is 0.825. The van der Waals surface area contributed by atoms with Crippen LogP contribution in [-0.4, -0.2) is 36.0 Å². The molecule has 0 saturated carbocycles. The molecule has 2 aliphatic heterocycles. The van der Waals surface area contributed by atoms with Gasteiger partial charge >= 0.3 is 0 Å². The molecule has 0 aliphatic carbocycles. The summed E-state index contributed by atoms with van der Waals surface area (Å²) in [5.74, 6) is 0. The number of aromatic nitrogens is 1. The molecule has 1 aromatic heterocycles. The minimum absolute atomic E-state index is 0.673. The third-order valence-electron chi connectivity index (χ3n) is 2.76. The van der Waals surface area contributed by atoms with Crippen LogP contribution in [0.1, 0.15) is 11.3 Å². The maximum Gasteiger partial charge on any atom is 0.104 e. The number of ether oxygens (including phenoxy) is 1. The zero-order valence-corrected chi connectivity index (χ0v) is 9.02. The topological polar surface area (TPSA) is 49.8 Å². The van der Waals surface area contributed by atoms with Gasteiger partial charge in [0, 0.05) is 17.7 Å². The van der Waals surface area contributed by atoms with Crippen molar-refractivity contribution in [3.63, 3.8) is 0 Å². The maximum absolute atomic E-state index is 5.41. The number of nitrogens with zero attached hydrogens (tertiary/aromatic N) is 3. The number of fused-ring (bicyclic) bond motifs is 1. The molecular weight excluding hydrogens is 204 g/mol. The van der Waals surface area contributed by atoms with E-state index in [-0.39, 0.29) is 0 Å². The molecule has 1 N–H and O–H groups in total. The molecule has 0 spiro atoms. The lowest BCUT2D eigenvalue weighted by Gasteiger charge is -2.20. The van der Waals surface area contributed by atoms with Crippen LogP contribution in [0, 0.1) is 0 Å². The molecule has 0 fully saturated rings. The van der Waals surface area contributed by atoms with Crippen molar-refractivity contribution in [2.24, 2.45) is 4.99 Å². The summed E-state index contributed by atoms with van der Waals surface area (Å²) in [6.45, 7) is 3.22. The minimum atomic E-state index is 0.673.